The van der Waals surface area contributed by atoms with E-state index in [4.69, 9.17) is 14.2 Å². The predicted octanol–water partition coefficient (Wildman–Crippen LogP) is 3.01. The molecular weight excluding hydrogens is 354 g/mol. The highest BCUT2D eigenvalue weighted by Crippen LogP contribution is 2.29. The molecule has 2 rings (SSSR count). The van der Waals surface area contributed by atoms with Gasteiger partial charge in [-0.05, 0) is 49.6 Å². The zero-order valence-corrected chi connectivity index (χ0v) is 16.3. The van der Waals surface area contributed by atoms with E-state index in [1.54, 1.807) is 13.2 Å². The summed E-state index contributed by atoms with van der Waals surface area (Å²) in [6, 6.07) is 12.1. The number of benzene rings is 2. The maximum Gasteiger partial charge on any atom is 0.240 e. The number of nitrogens with one attached hydrogen (secondary N) is 1. The summed E-state index contributed by atoms with van der Waals surface area (Å²) in [4.78, 5) is 0.145. The molecule has 2 aromatic carbocycles. The van der Waals surface area contributed by atoms with Gasteiger partial charge in [-0.15, -0.1) is 0 Å². The van der Waals surface area contributed by atoms with Crippen molar-refractivity contribution in [3.05, 3.63) is 48.0 Å². The van der Waals surface area contributed by atoms with E-state index in [9.17, 15) is 8.42 Å². The summed E-state index contributed by atoms with van der Waals surface area (Å²) in [7, 11) is 0.964. The number of hydrogen-bond acceptors (Lipinski definition) is 5. The van der Waals surface area contributed by atoms with Gasteiger partial charge in [-0.3, -0.25) is 0 Å². The Balaban J connectivity index is 2.01. The van der Waals surface area contributed by atoms with Crippen molar-refractivity contribution in [2.24, 2.45) is 0 Å². The molecule has 0 aliphatic carbocycles. The Labute approximate surface area is 155 Å². The second kappa shape index (κ2) is 8.91. The van der Waals surface area contributed by atoms with E-state index in [1.807, 2.05) is 31.2 Å². The molecule has 0 aromatic heterocycles. The van der Waals surface area contributed by atoms with E-state index in [-0.39, 0.29) is 10.9 Å². The summed E-state index contributed by atoms with van der Waals surface area (Å²) in [5.41, 5.74) is 1.13. The Bertz CT molecular complexity index is 818. The first-order chi connectivity index (χ1) is 12.4. The highest BCUT2D eigenvalue weighted by atomic mass is 32.2. The number of ether oxygens (including phenoxy) is 3. The smallest absolute Gasteiger partial charge is 0.240 e. The zero-order valence-electron chi connectivity index (χ0n) is 15.5. The van der Waals surface area contributed by atoms with Crippen LogP contribution >= 0.6 is 0 Å². The first-order valence-corrected chi connectivity index (χ1v) is 9.75. The Morgan fingerprint density at radius 3 is 2.15 bits per heavy atom. The minimum absolute atomic E-state index is 0.145. The van der Waals surface area contributed by atoms with Gasteiger partial charge in [0, 0.05) is 12.1 Å². The number of aryl methyl sites for hydroxylation is 1. The molecule has 6 nitrogen and oxygen atoms in total. The van der Waals surface area contributed by atoms with Gasteiger partial charge >= 0.3 is 0 Å². The van der Waals surface area contributed by atoms with Crippen LogP contribution in [0, 0.1) is 0 Å². The molecule has 26 heavy (non-hydrogen) atoms. The van der Waals surface area contributed by atoms with Crippen LogP contribution in [0.1, 0.15) is 18.9 Å². The SMILES string of the molecule is COc1ccc(CCC(C)NS(=O)(=O)c2ccc(OC)c(OC)c2)cc1. The van der Waals surface area contributed by atoms with Gasteiger partial charge in [0.1, 0.15) is 5.75 Å². The number of rotatable bonds is 9. The van der Waals surface area contributed by atoms with E-state index in [2.05, 4.69) is 4.72 Å². The molecule has 1 N–H and O–H groups in total. The van der Waals surface area contributed by atoms with Crippen LogP contribution in [0.3, 0.4) is 0 Å². The van der Waals surface area contributed by atoms with Crippen molar-refractivity contribution in [2.45, 2.75) is 30.7 Å². The molecule has 0 radical (unpaired) electrons. The molecule has 0 saturated carbocycles. The maximum atomic E-state index is 12.6. The van der Waals surface area contributed by atoms with Crippen molar-refractivity contribution in [3.8, 4) is 17.2 Å². The summed E-state index contributed by atoms with van der Waals surface area (Å²) in [6.45, 7) is 1.85. The number of sulfonamides is 1. The van der Waals surface area contributed by atoms with Gasteiger partial charge in [-0.1, -0.05) is 12.1 Å². The largest absolute Gasteiger partial charge is 0.497 e. The average Bonchev–Trinajstić information content (AvgIpc) is 2.65. The Morgan fingerprint density at radius 1 is 0.923 bits per heavy atom. The second-order valence-corrected chi connectivity index (χ2v) is 7.64. The fraction of sp³-hybridized carbons (Fsp3) is 0.368. The number of hydrogen-bond donors (Lipinski definition) is 1. The average molecular weight is 379 g/mol. The van der Waals surface area contributed by atoms with E-state index in [1.165, 1.54) is 26.4 Å². The molecule has 0 saturated heterocycles. The fourth-order valence-corrected chi connectivity index (χ4v) is 3.84. The first kappa shape index (κ1) is 20.1. The van der Waals surface area contributed by atoms with Crippen LogP contribution < -0.4 is 18.9 Å². The van der Waals surface area contributed by atoms with Crippen LogP contribution in [0.15, 0.2) is 47.4 Å². The first-order valence-electron chi connectivity index (χ1n) is 8.27. The van der Waals surface area contributed by atoms with Crippen LogP contribution in [0.2, 0.25) is 0 Å². The molecule has 0 spiro atoms. The van der Waals surface area contributed by atoms with Crippen molar-refractivity contribution in [1.82, 2.24) is 4.72 Å². The summed E-state index contributed by atoms with van der Waals surface area (Å²) in [5, 5.41) is 0. The van der Waals surface area contributed by atoms with Gasteiger partial charge in [0.25, 0.3) is 0 Å². The van der Waals surface area contributed by atoms with Crippen LogP contribution in [0.5, 0.6) is 17.2 Å². The van der Waals surface area contributed by atoms with E-state index in [0.717, 1.165) is 17.7 Å². The lowest BCUT2D eigenvalue weighted by Crippen LogP contribution is -2.33. The van der Waals surface area contributed by atoms with Crippen LogP contribution in [-0.4, -0.2) is 35.8 Å². The lowest BCUT2D eigenvalue weighted by atomic mass is 10.1. The molecule has 7 heteroatoms. The second-order valence-electron chi connectivity index (χ2n) is 5.93. The quantitative estimate of drug-likeness (QED) is 0.725. The minimum atomic E-state index is -3.64. The number of methoxy groups -OCH3 is 3. The van der Waals surface area contributed by atoms with Crippen LogP contribution in [-0.2, 0) is 16.4 Å². The Kier molecular flexibility index (Phi) is 6.88. The topological polar surface area (TPSA) is 73.9 Å². The van der Waals surface area contributed by atoms with E-state index < -0.39 is 10.0 Å². The Morgan fingerprint density at radius 2 is 1.58 bits per heavy atom. The van der Waals surface area contributed by atoms with Crippen molar-refractivity contribution < 1.29 is 22.6 Å². The van der Waals surface area contributed by atoms with Crippen LogP contribution in [0.4, 0.5) is 0 Å². The maximum absolute atomic E-state index is 12.6. The van der Waals surface area contributed by atoms with Crippen molar-refractivity contribution in [2.75, 3.05) is 21.3 Å². The molecule has 2 aromatic rings. The van der Waals surface area contributed by atoms with Crippen molar-refractivity contribution in [1.29, 1.82) is 0 Å². The van der Waals surface area contributed by atoms with Crippen molar-refractivity contribution >= 4 is 10.0 Å². The van der Waals surface area contributed by atoms with Gasteiger partial charge in [-0.25, -0.2) is 13.1 Å². The third-order valence-electron chi connectivity index (χ3n) is 4.05. The van der Waals surface area contributed by atoms with Crippen LogP contribution in [0.25, 0.3) is 0 Å². The zero-order chi connectivity index (χ0) is 19.2. The highest BCUT2D eigenvalue weighted by molar-refractivity contribution is 7.89. The summed E-state index contributed by atoms with van der Waals surface area (Å²) in [5.74, 6) is 1.66. The molecule has 0 aliphatic heterocycles. The van der Waals surface area contributed by atoms with Gasteiger partial charge in [0.2, 0.25) is 10.0 Å². The minimum Gasteiger partial charge on any atom is -0.497 e. The molecule has 1 atom stereocenters. The molecule has 0 amide bonds. The molecule has 1 unspecified atom stereocenters. The highest BCUT2D eigenvalue weighted by Gasteiger charge is 2.19. The lowest BCUT2D eigenvalue weighted by molar-refractivity contribution is 0.354. The molecule has 0 aliphatic rings. The molecule has 0 bridgehead atoms. The standard InChI is InChI=1S/C19H25NO5S/c1-14(5-6-15-7-9-16(23-2)10-8-15)20-26(21,22)17-11-12-18(24-3)19(13-17)25-4/h7-14,20H,5-6H2,1-4H3. The van der Waals surface area contributed by atoms with Crippen molar-refractivity contribution in [3.63, 3.8) is 0 Å². The summed E-state index contributed by atoms with van der Waals surface area (Å²) < 4.78 is 43.3. The molecule has 142 valence electrons. The predicted molar refractivity (Wildman–Crippen MR) is 101 cm³/mol. The van der Waals surface area contributed by atoms with E-state index in [0.29, 0.717) is 17.9 Å². The van der Waals surface area contributed by atoms with Gasteiger partial charge in [0.05, 0.1) is 26.2 Å². The Hall–Kier alpha value is -2.25. The molecule has 0 fully saturated rings. The monoisotopic (exact) mass is 379 g/mol. The summed E-state index contributed by atoms with van der Waals surface area (Å²) >= 11 is 0. The fourth-order valence-electron chi connectivity index (χ4n) is 2.55. The third-order valence-corrected chi connectivity index (χ3v) is 5.63. The van der Waals surface area contributed by atoms with Gasteiger partial charge in [-0.2, -0.15) is 0 Å². The van der Waals surface area contributed by atoms with E-state index >= 15 is 0 Å². The molecular formula is C19H25NO5S. The normalized spacial score (nSPS) is 12.5. The third kappa shape index (κ3) is 5.12. The lowest BCUT2D eigenvalue weighted by Gasteiger charge is -2.15. The van der Waals surface area contributed by atoms with Gasteiger partial charge in [0.15, 0.2) is 11.5 Å². The summed E-state index contributed by atoms with van der Waals surface area (Å²) in [6.07, 6.45) is 1.44. The molecule has 0 heterocycles. The van der Waals surface area contributed by atoms with Gasteiger partial charge < -0.3 is 14.2 Å².